The van der Waals surface area contributed by atoms with E-state index in [1.807, 2.05) is 13.8 Å². The third-order valence-corrected chi connectivity index (χ3v) is 3.40. The number of benzene rings is 1. The molecule has 22 heavy (non-hydrogen) atoms. The number of amides is 2. The van der Waals surface area contributed by atoms with E-state index in [2.05, 4.69) is 5.32 Å². The minimum atomic E-state index is -0.451. The summed E-state index contributed by atoms with van der Waals surface area (Å²) in [6, 6.07) is 4.70. The molecule has 1 aromatic rings. The lowest BCUT2D eigenvalue weighted by Gasteiger charge is -2.19. The Kier molecular flexibility index (Phi) is 5.25. The zero-order chi connectivity index (χ0) is 16.1. The molecular formula is C16H22N2O4. The van der Waals surface area contributed by atoms with Gasteiger partial charge in [-0.2, -0.15) is 0 Å². The van der Waals surface area contributed by atoms with Gasteiger partial charge in [-0.3, -0.25) is 0 Å². The lowest BCUT2D eigenvalue weighted by atomic mass is 10.2. The zero-order valence-electron chi connectivity index (χ0n) is 13.2. The summed E-state index contributed by atoms with van der Waals surface area (Å²) in [4.78, 5) is 25.7. The fourth-order valence-electron chi connectivity index (χ4n) is 2.34. The number of carbonyl (C=O) groups is 2. The number of likely N-dealkylation sites (tertiary alicyclic amines) is 1. The SMILES string of the molecule is COC(=O)c1ccc(OC(C)C)c(NC(=O)N2CCCC2)c1. The van der Waals surface area contributed by atoms with Crippen molar-refractivity contribution in [2.24, 2.45) is 0 Å². The summed E-state index contributed by atoms with van der Waals surface area (Å²) in [5.41, 5.74) is 0.851. The lowest BCUT2D eigenvalue weighted by molar-refractivity contribution is 0.0600. The number of nitrogens with zero attached hydrogens (tertiary/aromatic N) is 1. The van der Waals surface area contributed by atoms with E-state index < -0.39 is 5.97 Å². The van der Waals surface area contributed by atoms with Crippen LogP contribution in [-0.2, 0) is 4.74 Å². The number of carbonyl (C=O) groups excluding carboxylic acids is 2. The van der Waals surface area contributed by atoms with Crippen LogP contribution in [0.3, 0.4) is 0 Å². The second-order valence-electron chi connectivity index (χ2n) is 5.49. The zero-order valence-corrected chi connectivity index (χ0v) is 13.2. The number of esters is 1. The van der Waals surface area contributed by atoms with Crippen LogP contribution in [-0.4, -0.2) is 43.2 Å². The minimum Gasteiger partial charge on any atom is -0.489 e. The molecule has 0 unspecified atom stereocenters. The summed E-state index contributed by atoms with van der Waals surface area (Å²) in [5.74, 6) is 0.0861. The number of rotatable bonds is 4. The predicted octanol–water partition coefficient (Wildman–Crippen LogP) is 2.89. The predicted molar refractivity (Wildman–Crippen MR) is 83.4 cm³/mol. The highest BCUT2D eigenvalue weighted by molar-refractivity contribution is 5.95. The maximum Gasteiger partial charge on any atom is 0.337 e. The molecule has 0 aliphatic carbocycles. The first-order valence-electron chi connectivity index (χ1n) is 7.46. The fraction of sp³-hybridized carbons (Fsp3) is 0.500. The summed E-state index contributed by atoms with van der Waals surface area (Å²) in [6.45, 7) is 5.31. The molecule has 0 spiro atoms. The van der Waals surface area contributed by atoms with E-state index in [1.54, 1.807) is 23.1 Å². The van der Waals surface area contributed by atoms with Gasteiger partial charge in [-0.15, -0.1) is 0 Å². The Labute approximate surface area is 130 Å². The highest BCUT2D eigenvalue weighted by Gasteiger charge is 2.20. The highest BCUT2D eigenvalue weighted by Crippen LogP contribution is 2.28. The van der Waals surface area contributed by atoms with Gasteiger partial charge in [0.1, 0.15) is 5.75 Å². The fourth-order valence-corrected chi connectivity index (χ4v) is 2.34. The first-order valence-corrected chi connectivity index (χ1v) is 7.46. The Hall–Kier alpha value is -2.24. The Morgan fingerprint density at radius 2 is 1.91 bits per heavy atom. The van der Waals surface area contributed by atoms with Gasteiger partial charge in [0, 0.05) is 13.1 Å². The van der Waals surface area contributed by atoms with Crippen molar-refractivity contribution in [3.05, 3.63) is 23.8 Å². The van der Waals surface area contributed by atoms with Gasteiger partial charge in [-0.05, 0) is 44.9 Å². The van der Waals surface area contributed by atoms with Crippen molar-refractivity contribution in [2.45, 2.75) is 32.8 Å². The molecule has 0 aromatic heterocycles. The van der Waals surface area contributed by atoms with Gasteiger partial charge >= 0.3 is 12.0 Å². The number of ether oxygens (including phenoxy) is 2. The average molecular weight is 306 g/mol. The molecule has 0 bridgehead atoms. The third kappa shape index (κ3) is 3.90. The van der Waals surface area contributed by atoms with Gasteiger partial charge in [-0.1, -0.05) is 0 Å². The van der Waals surface area contributed by atoms with Crippen LogP contribution in [0.4, 0.5) is 10.5 Å². The molecule has 1 aromatic carbocycles. The van der Waals surface area contributed by atoms with Gasteiger partial charge in [-0.25, -0.2) is 9.59 Å². The van der Waals surface area contributed by atoms with E-state index in [-0.39, 0.29) is 12.1 Å². The lowest BCUT2D eigenvalue weighted by Crippen LogP contribution is -2.32. The molecule has 6 nitrogen and oxygen atoms in total. The summed E-state index contributed by atoms with van der Waals surface area (Å²) in [6.07, 6.45) is 2.00. The summed E-state index contributed by atoms with van der Waals surface area (Å²) < 4.78 is 10.4. The quantitative estimate of drug-likeness (QED) is 0.869. The maximum absolute atomic E-state index is 12.2. The topological polar surface area (TPSA) is 67.9 Å². The Morgan fingerprint density at radius 1 is 1.23 bits per heavy atom. The number of hydrogen-bond acceptors (Lipinski definition) is 4. The van der Waals surface area contributed by atoms with Crippen LogP contribution in [0, 0.1) is 0 Å². The van der Waals surface area contributed by atoms with Crippen LogP contribution >= 0.6 is 0 Å². The van der Waals surface area contributed by atoms with Crippen molar-refractivity contribution >= 4 is 17.7 Å². The second-order valence-corrected chi connectivity index (χ2v) is 5.49. The molecule has 2 amide bonds. The summed E-state index contributed by atoms with van der Waals surface area (Å²) in [5, 5.41) is 2.83. The molecule has 1 aliphatic heterocycles. The van der Waals surface area contributed by atoms with Crippen molar-refractivity contribution in [3.8, 4) is 5.75 Å². The monoisotopic (exact) mass is 306 g/mol. The van der Waals surface area contributed by atoms with E-state index in [4.69, 9.17) is 9.47 Å². The van der Waals surface area contributed by atoms with Crippen molar-refractivity contribution < 1.29 is 19.1 Å². The van der Waals surface area contributed by atoms with Crippen LogP contribution in [0.5, 0.6) is 5.75 Å². The van der Waals surface area contributed by atoms with Crippen molar-refractivity contribution in [1.29, 1.82) is 0 Å². The largest absolute Gasteiger partial charge is 0.489 e. The van der Waals surface area contributed by atoms with Crippen molar-refractivity contribution in [2.75, 3.05) is 25.5 Å². The van der Waals surface area contributed by atoms with Crippen LogP contribution < -0.4 is 10.1 Å². The van der Waals surface area contributed by atoms with Crippen molar-refractivity contribution in [1.82, 2.24) is 4.90 Å². The molecule has 0 atom stereocenters. The van der Waals surface area contributed by atoms with Gasteiger partial charge in [0.2, 0.25) is 0 Å². The van der Waals surface area contributed by atoms with Gasteiger partial charge in [0.05, 0.1) is 24.5 Å². The van der Waals surface area contributed by atoms with Gasteiger partial charge in [0.25, 0.3) is 0 Å². The summed E-state index contributed by atoms with van der Waals surface area (Å²) >= 11 is 0. The number of hydrogen-bond donors (Lipinski definition) is 1. The summed E-state index contributed by atoms with van der Waals surface area (Å²) in [7, 11) is 1.32. The Morgan fingerprint density at radius 3 is 2.50 bits per heavy atom. The first-order chi connectivity index (χ1) is 10.5. The van der Waals surface area contributed by atoms with E-state index >= 15 is 0 Å². The van der Waals surface area contributed by atoms with Gasteiger partial charge < -0.3 is 19.7 Å². The molecule has 1 heterocycles. The molecular weight excluding hydrogens is 284 g/mol. The molecule has 120 valence electrons. The van der Waals surface area contributed by atoms with E-state index in [1.165, 1.54) is 7.11 Å². The van der Waals surface area contributed by atoms with E-state index in [0.717, 1.165) is 25.9 Å². The smallest absolute Gasteiger partial charge is 0.337 e. The van der Waals surface area contributed by atoms with Crippen molar-refractivity contribution in [3.63, 3.8) is 0 Å². The molecule has 0 radical (unpaired) electrons. The number of urea groups is 1. The number of anilines is 1. The average Bonchev–Trinajstić information content (AvgIpc) is 3.02. The molecule has 0 saturated carbocycles. The molecule has 1 aliphatic rings. The Bertz CT molecular complexity index is 551. The Balaban J connectivity index is 2.23. The molecule has 1 saturated heterocycles. The molecule has 6 heteroatoms. The van der Waals surface area contributed by atoms with Crippen LogP contribution in [0.2, 0.25) is 0 Å². The van der Waals surface area contributed by atoms with Gasteiger partial charge in [0.15, 0.2) is 0 Å². The van der Waals surface area contributed by atoms with Crippen LogP contribution in [0.1, 0.15) is 37.0 Å². The second kappa shape index (κ2) is 7.15. The molecule has 1 N–H and O–H groups in total. The number of nitrogens with one attached hydrogen (secondary N) is 1. The molecule has 1 fully saturated rings. The maximum atomic E-state index is 12.2. The number of methoxy groups -OCH3 is 1. The molecule has 2 rings (SSSR count). The first kappa shape index (κ1) is 16.1. The third-order valence-electron chi connectivity index (χ3n) is 3.40. The standard InChI is InChI=1S/C16H22N2O4/c1-11(2)22-14-7-6-12(15(19)21-3)10-13(14)17-16(20)18-8-4-5-9-18/h6-7,10-11H,4-5,8-9H2,1-3H3,(H,17,20). The van der Waals surface area contributed by atoms with E-state index in [0.29, 0.717) is 17.0 Å². The van der Waals surface area contributed by atoms with E-state index in [9.17, 15) is 9.59 Å². The highest BCUT2D eigenvalue weighted by atomic mass is 16.5. The van der Waals surface area contributed by atoms with Crippen LogP contribution in [0.15, 0.2) is 18.2 Å². The normalized spacial score (nSPS) is 14.1. The minimum absolute atomic E-state index is 0.0357. The van der Waals surface area contributed by atoms with Crippen LogP contribution in [0.25, 0.3) is 0 Å².